The molecule has 1 nitrogen and oxygen atoms in total. The van der Waals surface area contributed by atoms with Crippen molar-refractivity contribution in [2.24, 2.45) is 29.6 Å². The molecule has 0 amide bonds. The first-order chi connectivity index (χ1) is 6.75. The second kappa shape index (κ2) is 3.23. The van der Waals surface area contributed by atoms with E-state index in [9.17, 15) is 5.11 Å². The highest BCUT2D eigenvalue weighted by Gasteiger charge is 2.48. The molecule has 14 heavy (non-hydrogen) atoms. The van der Waals surface area contributed by atoms with Crippen LogP contribution in [0.2, 0.25) is 0 Å². The minimum absolute atomic E-state index is 0.0327. The molecule has 6 atom stereocenters. The normalized spacial score (nSPS) is 57.0. The number of hydrogen-bond acceptors (Lipinski definition) is 1. The molecule has 0 aromatic rings. The molecule has 0 radical (unpaired) electrons. The van der Waals surface area contributed by atoms with Crippen LogP contribution in [0.5, 0.6) is 0 Å². The van der Waals surface area contributed by atoms with Gasteiger partial charge in [0.1, 0.15) is 0 Å². The molecule has 0 aromatic heterocycles. The molecule has 0 aliphatic heterocycles. The van der Waals surface area contributed by atoms with Crippen molar-refractivity contribution in [3.63, 3.8) is 0 Å². The van der Waals surface area contributed by atoms with Crippen LogP contribution in [0.15, 0.2) is 0 Å². The Bertz CT molecular complexity index is 225. The van der Waals surface area contributed by atoms with Crippen molar-refractivity contribution in [2.45, 2.75) is 51.6 Å². The first-order valence-electron chi connectivity index (χ1n) is 6.43. The molecule has 6 unspecified atom stereocenters. The van der Waals surface area contributed by atoms with Crippen LogP contribution in [0.4, 0.5) is 0 Å². The summed E-state index contributed by atoms with van der Waals surface area (Å²) in [5.74, 6) is 4.39. The van der Waals surface area contributed by atoms with Crippen molar-refractivity contribution in [1.29, 1.82) is 0 Å². The van der Waals surface area contributed by atoms with Crippen LogP contribution in [0.3, 0.4) is 0 Å². The third-order valence-corrected chi connectivity index (χ3v) is 5.26. The fourth-order valence-corrected chi connectivity index (χ4v) is 4.43. The molecule has 3 rings (SSSR count). The van der Waals surface area contributed by atoms with Gasteiger partial charge in [0.15, 0.2) is 0 Å². The molecule has 3 saturated carbocycles. The molecular formula is C13H22O. The van der Waals surface area contributed by atoms with Gasteiger partial charge in [-0.3, -0.25) is 0 Å². The van der Waals surface area contributed by atoms with Crippen LogP contribution in [-0.4, -0.2) is 11.2 Å². The fraction of sp³-hybridized carbons (Fsp3) is 1.00. The summed E-state index contributed by atoms with van der Waals surface area (Å²) in [6.07, 6.45) is 8.19. The quantitative estimate of drug-likeness (QED) is 0.628. The third-order valence-electron chi connectivity index (χ3n) is 5.26. The maximum Gasteiger partial charge on any atom is 0.0573 e. The minimum atomic E-state index is 0.0327. The Balaban J connectivity index is 1.78. The first-order valence-corrected chi connectivity index (χ1v) is 6.43. The smallest absolute Gasteiger partial charge is 0.0573 e. The van der Waals surface area contributed by atoms with Crippen LogP contribution >= 0.6 is 0 Å². The van der Waals surface area contributed by atoms with E-state index in [-0.39, 0.29) is 6.10 Å². The van der Waals surface area contributed by atoms with Gasteiger partial charge in [-0.25, -0.2) is 0 Å². The van der Waals surface area contributed by atoms with E-state index < -0.39 is 0 Å². The van der Waals surface area contributed by atoms with Crippen molar-refractivity contribution in [2.75, 3.05) is 0 Å². The van der Waals surface area contributed by atoms with E-state index in [1.807, 2.05) is 0 Å². The molecule has 1 N–H and O–H groups in total. The summed E-state index contributed by atoms with van der Waals surface area (Å²) in [5.41, 5.74) is 0. The monoisotopic (exact) mass is 194 g/mol. The standard InChI is InChI=1S/C13H22O/c1-8-6-12-10-4-2-9(10)3-5-11(12)13(14)7-8/h8-14H,2-7H2,1H3. The molecule has 3 aliphatic rings. The third kappa shape index (κ3) is 1.25. The lowest BCUT2D eigenvalue weighted by Gasteiger charge is -2.54. The zero-order valence-electron chi connectivity index (χ0n) is 9.15. The lowest BCUT2D eigenvalue weighted by atomic mass is 9.52. The van der Waals surface area contributed by atoms with E-state index in [0.29, 0.717) is 5.92 Å². The molecule has 80 valence electrons. The van der Waals surface area contributed by atoms with Gasteiger partial charge >= 0.3 is 0 Å². The highest BCUT2D eigenvalue weighted by Crippen LogP contribution is 2.55. The Morgan fingerprint density at radius 1 is 0.857 bits per heavy atom. The van der Waals surface area contributed by atoms with Gasteiger partial charge in [0.2, 0.25) is 0 Å². The van der Waals surface area contributed by atoms with Gasteiger partial charge in [-0.1, -0.05) is 6.92 Å². The van der Waals surface area contributed by atoms with Gasteiger partial charge in [0, 0.05) is 0 Å². The first kappa shape index (κ1) is 9.21. The average molecular weight is 194 g/mol. The maximum atomic E-state index is 10.1. The lowest BCUT2D eigenvalue weighted by molar-refractivity contribution is -0.0835. The van der Waals surface area contributed by atoms with Crippen LogP contribution in [0.1, 0.15) is 45.4 Å². The Morgan fingerprint density at radius 2 is 1.57 bits per heavy atom. The van der Waals surface area contributed by atoms with Gasteiger partial charge < -0.3 is 5.11 Å². The topological polar surface area (TPSA) is 20.2 Å². The fourth-order valence-electron chi connectivity index (χ4n) is 4.43. The largest absolute Gasteiger partial charge is 0.393 e. The van der Waals surface area contributed by atoms with E-state index >= 15 is 0 Å². The predicted molar refractivity (Wildman–Crippen MR) is 56.8 cm³/mol. The Labute approximate surface area is 86.9 Å². The van der Waals surface area contributed by atoms with E-state index in [1.165, 1.54) is 32.1 Å². The Hall–Kier alpha value is -0.0400. The van der Waals surface area contributed by atoms with Crippen LogP contribution in [0.25, 0.3) is 0 Å². The van der Waals surface area contributed by atoms with E-state index in [4.69, 9.17) is 0 Å². The highest BCUT2D eigenvalue weighted by atomic mass is 16.3. The SMILES string of the molecule is CC1CC(O)C2CCC3CCC3C2C1. The van der Waals surface area contributed by atoms with Crippen LogP contribution in [-0.2, 0) is 0 Å². The number of rotatable bonds is 0. The molecule has 0 heterocycles. The van der Waals surface area contributed by atoms with Crippen molar-refractivity contribution < 1.29 is 5.11 Å². The lowest BCUT2D eigenvalue weighted by Crippen LogP contribution is -2.48. The van der Waals surface area contributed by atoms with Gasteiger partial charge in [-0.2, -0.15) is 0 Å². The van der Waals surface area contributed by atoms with Gasteiger partial charge in [0.05, 0.1) is 6.10 Å². The summed E-state index contributed by atoms with van der Waals surface area (Å²) in [7, 11) is 0. The second-order valence-electron chi connectivity index (χ2n) is 6.05. The van der Waals surface area contributed by atoms with E-state index in [0.717, 1.165) is 30.1 Å². The van der Waals surface area contributed by atoms with Crippen LogP contribution < -0.4 is 0 Å². The summed E-state index contributed by atoms with van der Waals surface area (Å²) >= 11 is 0. The van der Waals surface area contributed by atoms with Gasteiger partial charge in [-0.05, 0) is 68.1 Å². The van der Waals surface area contributed by atoms with Crippen molar-refractivity contribution in [3.05, 3.63) is 0 Å². The molecule has 0 spiro atoms. The minimum Gasteiger partial charge on any atom is -0.393 e. The van der Waals surface area contributed by atoms with Crippen molar-refractivity contribution >= 4 is 0 Å². The molecule has 0 aromatic carbocycles. The van der Waals surface area contributed by atoms with Crippen LogP contribution in [0, 0.1) is 29.6 Å². The zero-order valence-corrected chi connectivity index (χ0v) is 9.15. The molecule has 3 fully saturated rings. The second-order valence-corrected chi connectivity index (χ2v) is 6.05. The van der Waals surface area contributed by atoms with Gasteiger partial charge in [-0.15, -0.1) is 0 Å². The summed E-state index contributed by atoms with van der Waals surface area (Å²) in [5, 5.41) is 10.1. The number of fused-ring (bicyclic) bond motifs is 3. The molecular weight excluding hydrogens is 172 g/mol. The predicted octanol–water partition coefficient (Wildman–Crippen LogP) is 2.83. The molecule has 0 saturated heterocycles. The maximum absolute atomic E-state index is 10.1. The molecule has 1 heteroatoms. The number of aliphatic hydroxyl groups excluding tert-OH is 1. The van der Waals surface area contributed by atoms with E-state index in [2.05, 4.69) is 6.92 Å². The summed E-state index contributed by atoms with van der Waals surface area (Å²) in [4.78, 5) is 0. The summed E-state index contributed by atoms with van der Waals surface area (Å²) in [6.45, 7) is 2.32. The van der Waals surface area contributed by atoms with Crippen molar-refractivity contribution in [1.82, 2.24) is 0 Å². The summed E-state index contributed by atoms with van der Waals surface area (Å²) in [6, 6.07) is 0. The number of hydrogen-bond donors (Lipinski definition) is 1. The van der Waals surface area contributed by atoms with Gasteiger partial charge in [0.25, 0.3) is 0 Å². The van der Waals surface area contributed by atoms with Crippen molar-refractivity contribution in [3.8, 4) is 0 Å². The van der Waals surface area contributed by atoms with E-state index in [1.54, 1.807) is 0 Å². The molecule has 0 bridgehead atoms. The highest BCUT2D eigenvalue weighted by molar-refractivity contribution is 4.98. The number of aliphatic hydroxyl groups is 1. The Kier molecular flexibility index (Phi) is 2.12. The zero-order chi connectivity index (χ0) is 9.71. The Morgan fingerprint density at radius 3 is 2.29 bits per heavy atom. The summed E-state index contributed by atoms with van der Waals surface area (Å²) < 4.78 is 0. The average Bonchev–Trinajstić information content (AvgIpc) is 2.05. The molecule has 3 aliphatic carbocycles.